The van der Waals surface area contributed by atoms with Gasteiger partial charge in [0.1, 0.15) is 0 Å². The Balaban J connectivity index is 2.63. The van der Waals surface area contributed by atoms with Crippen LogP contribution in [0.25, 0.3) is 5.82 Å². The highest BCUT2D eigenvalue weighted by Gasteiger charge is 2.13. The monoisotopic (exact) mass is 300 g/mol. The van der Waals surface area contributed by atoms with Gasteiger partial charge in [-0.1, -0.05) is 11.6 Å². The lowest BCUT2D eigenvalue weighted by Crippen LogP contribution is -2.03. The number of aryl methyl sites for hydroxylation is 1. The van der Waals surface area contributed by atoms with E-state index in [1.807, 2.05) is 13.8 Å². The molecule has 0 unspecified atom stereocenters. The van der Waals surface area contributed by atoms with Crippen LogP contribution in [0.2, 0.25) is 5.02 Å². The van der Waals surface area contributed by atoms with Gasteiger partial charge in [0.25, 0.3) is 0 Å². The van der Waals surface area contributed by atoms with Crippen LogP contribution in [0.3, 0.4) is 0 Å². The second-order valence-corrected chi connectivity index (χ2v) is 4.75. The molecular formula is C10H10BrClN4. The number of hydrogen-bond acceptors (Lipinski definition) is 3. The average Bonchev–Trinajstić information content (AvgIpc) is 2.46. The third-order valence-electron chi connectivity index (χ3n) is 2.34. The molecule has 0 saturated heterocycles. The molecular weight excluding hydrogens is 291 g/mol. The third-order valence-corrected chi connectivity index (χ3v) is 3.13. The van der Waals surface area contributed by atoms with E-state index in [4.69, 9.17) is 17.3 Å². The number of rotatable bonds is 1. The first kappa shape index (κ1) is 11.4. The highest BCUT2D eigenvalue weighted by molar-refractivity contribution is 9.10. The van der Waals surface area contributed by atoms with Gasteiger partial charge in [0, 0.05) is 6.20 Å². The number of hydrogen-bond donors (Lipinski definition) is 1. The van der Waals surface area contributed by atoms with E-state index in [0.717, 1.165) is 15.9 Å². The maximum Gasteiger partial charge on any atom is 0.168 e. The topological polar surface area (TPSA) is 56.7 Å². The molecule has 0 aliphatic carbocycles. The van der Waals surface area contributed by atoms with Gasteiger partial charge in [-0.05, 0) is 35.8 Å². The summed E-state index contributed by atoms with van der Waals surface area (Å²) in [6.07, 6.45) is 1.58. The number of anilines is 1. The molecule has 0 fully saturated rings. The molecule has 16 heavy (non-hydrogen) atoms. The van der Waals surface area contributed by atoms with Crippen LogP contribution in [0.1, 0.15) is 11.4 Å². The van der Waals surface area contributed by atoms with Crippen LogP contribution in [-0.4, -0.2) is 14.8 Å². The van der Waals surface area contributed by atoms with Crippen molar-refractivity contribution < 1.29 is 0 Å². The van der Waals surface area contributed by atoms with Gasteiger partial charge in [-0.25, -0.2) is 9.67 Å². The summed E-state index contributed by atoms with van der Waals surface area (Å²) < 4.78 is 2.48. The Bertz CT molecular complexity index is 550. The lowest BCUT2D eigenvalue weighted by molar-refractivity contribution is 0.802. The molecule has 0 radical (unpaired) electrons. The van der Waals surface area contributed by atoms with E-state index in [9.17, 15) is 0 Å². The van der Waals surface area contributed by atoms with Crippen molar-refractivity contribution >= 4 is 33.2 Å². The number of halogens is 2. The minimum atomic E-state index is 0.574. The van der Waals surface area contributed by atoms with Crippen molar-refractivity contribution in [3.63, 3.8) is 0 Å². The minimum Gasteiger partial charge on any atom is -0.396 e. The number of pyridine rings is 1. The summed E-state index contributed by atoms with van der Waals surface area (Å²) in [7, 11) is 0. The first-order valence-electron chi connectivity index (χ1n) is 4.64. The van der Waals surface area contributed by atoms with Gasteiger partial charge in [0.2, 0.25) is 0 Å². The fraction of sp³-hybridized carbons (Fsp3) is 0.200. The largest absolute Gasteiger partial charge is 0.396 e. The van der Waals surface area contributed by atoms with Crippen molar-refractivity contribution in [2.75, 3.05) is 5.73 Å². The summed E-state index contributed by atoms with van der Waals surface area (Å²) in [4.78, 5) is 4.23. The Labute approximate surface area is 107 Å². The molecule has 0 aromatic carbocycles. The highest BCUT2D eigenvalue weighted by Crippen LogP contribution is 2.25. The van der Waals surface area contributed by atoms with E-state index in [1.54, 1.807) is 16.9 Å². The Morgan fingerprint density at radius 3 is 2.62 bits per heavy atom. The van der Waals surface area contributed by atoms with Gasteiger partial charge < -0.3 is 5.73 Å². The molecule has 0 aliphatic rings. The molecule has 0 bridgehead atoms. The van der Waals surface area contributed by atoms with Gasteiger partial charge in [-0.15, -0.1) is 0 Å². The number of nitrogens with zero attached hydrogens (tertiary/aromatic N) is 3. The normalized spacial score (nSPS) is 10.8. The predicted molar refractivity (Wildman–Crippen MR) is 68.0 cm³/mol. The van der Waals surface area contributed by atoms with Crippen molar-refractivity contribution in [3.8, 4) is 5.82 Å². The quantitative estimate of drug-likeness (QED) is 0.881. The van der Waals surface area contributed by atoms with E-state index < -0.39 is 0 Å². The van der Waals surface area contributed by atoms with E-state index in [2.05, 4.69) is 26.0 Å². The molecule has 0 spiro atoms. The molecule has 4 nitrogen and oxygen atoms in total. The fourth-order valence-corrected chi connectivity index (χ4v) is 2.23. The molecule has 0 amide bonds. The zero-order valence-electron chi connectivity index (χ0n) is 8.83. The number of nitrogen functional groups attached to an aromatic ring is 1. The summed E-state index contributed by atoms with van der Waals surface area (Å²) in [6, 6.07) is 1.77. The summed E-state index contributed by atoms with van der Waals surface area (Å²) in [5, 5.41) is 4.90. The Hall–Kier alpha value is -1.07. The second kappa shape index (κ2) is 4.07. The molecule has 2 rings (SSSR count). The first-order valence-corrected chi connectivity index (χ1v) is 5.81. The first-order chi connectivity index (χ1) is 7.50. The van der Waals surface area contributed by atoms with Gasteiger partial charge in [0.15, 0.2) is 5.82 Å². The zero-order valence-corrected chi connectivity index (χ0v) is 11.2. The van der Waals surface area contributed by atoms with E-state index >= 15 is 0 Å². The SMILES string of the molecule is Cc1nn(-c2ncc(Cl)cc2Br)c(C)c1N. The Morgan fingerprint density at radius 1 is 1.44 bits per heavy atom. The van der Waals surface area contributed by atoms with Crippen LogP contribution in [0.15, 0.2) is 16.7 Å². The molecule has 2 N–H and O–H groups in total. The van der Waals surface area contributed by atoms with Crippen LogP contribution in [0.5, 0.6) is 0 Å². The average molecular weight is 302 g/mol. The van der Waals surface area contributed by atoms with E-state index in [1.165, 1.54) is 0 Å². The zero-order chi connectivity index (χ0) is 11.9. The lowest BCUT2D eigenvalue weighted by Gasteiger charge is -2.05. The standard InChI is InChI=1S/C10H10BrClN4/c1-5-9(13)6(2)16(15-5)10-8(11)3-7(12)4-14-10/h3-4H,13H2,1-2H3. The van der Waals surface area contributed by atoms with Crippen LogP contribution >= 0.6 is 27.5 Å². The number of aromatic nitrogens is 3. The minimum absolute atomic E-state index is 0.574. The van der Waals surface area contributed by atoms with Crippen LogP contribution in [-0.2, 0) is 0 Å². The smallest absolute Gasteiger partial charge is 0.168 e. The molecule has 0 saturated carbocycles. The van der Waals surface area contributed by atoms with Crippen molar-refractivity contribution in [2.24, 2.45) is 0 Å². The van der Waals surface area contributed by atoms with Gasteiger partial charge in [-0.3, -0.25) is 0 Å². The summed E-state index contributed by atoms with van der Waals surface area (Å²) >= 11 is 9.24. The van der Waals surface area contributed by atoms with Crippen LogP contribution in [0, 0.1) is 13.8 Å². The van der Waals surface area contributed by atoms with Crippen molar-refractivity contribution in [1.82, 2.24) is 14.8 Å². The molecule has 2 aromatic rings. The van der Waals surface area contributed by atoms with E-state index in [0.29, 0.717) is 16.5 Å². The molecule has 6 heteroatoms. The second-order valence-electron chi connectivity index (χ2n) is 3.46. The summed E-state index contributed by atoms with van der Waals surface area (Å²) in [6.45, 7) is 3.76. The fourth-order valence-electron chi connectivity index (χ4n) is 1.42. The lowest BCUT2D eigenvalue weighted by atomic mass is 10.3. The maximum absolute atomic E-state index is 5.87. The Morgan fingerprint density at radius 2 is 2.12 bits per heavy atom. The molecule has 2 aromatic heterocycles. The Kier molecular flexibility index (Phi) is 2.90. The van der Waals surface area contributed by atoms with E-state index in [-0.39, 0.29) is 0 Å². The number of nitrogens with two attached hydrogens (primary N) is 1. The van der Waals surface area contributed by atoms with Crippen molar-refractivity contribution in [3.05, 3.63) is 33.1 Å². The molecule has 2 heterocycles. The van der Waals surface area contributed by atoms with Crippen LogP contribution < -0.4 is 5.73 Å². The highest BCUT2D eigenvalue weighted by atomic mass is 79.9. The predicted octanol–water partition coefficient (Wildman–Crippen LogP) is 2.88. The van der Waals surface area contributed by atoms with Crippen molar-refractivity contribution in [1.29, 1.82) is 0 Å². The molecule has 0 atom stereocenters. The van der Waals surface area contributed by atoms with Gasteiger partial charge in [0.05, 0.1) is 26.6 Å². The molecule has 0 aliphatic heterocycles. The van der Waals surface area contributed by atoms with Crippen molar-refractivity contribution in [2.45, 2.75) is 13.8 Å². The van der Waals surface area contributed by atoms with Crippen LogP contribution in [0.4, 0.5) is 5.69 Å². The summed E-state index contributed by atoms with van der Waals surface area (Å²) in [5.74, 6) is 0.682. The maximum atomic E-state index is 5.87. The van der Waals surface area contributed by atoms with Gasteiger partial charge >= 0.3 is 0 Å². The summed E-state index contributed by atoms with van der Waals surface area (Å²) in [5.41, 5.74) is 8.21. The molecule has 84 valence electrons. The third kappa shape index (κ3) is 1.81. The van der Waals surface area contributed by atoms with Gasteiger partial charge in [-0.2, -0.15) is 5.10 Å².